The van der Waals surface area contributed by atoms with E-state index in [1.54, 1.807) is 23.2 Å². The van der Waals surface area contributed by atoms with Crippen molar-refractivity contribution < 1.29 is 9.18 Å². The van der Waals surface area contributed by atoms with E-state index in [0.717, 1.165) is 6.07 Å². The maximum absolute atomic E-state index is 14.0. The second kappa shape index (κ2) is 7.69. The first-order chi connectivity index (χ1) is 13.5. The van der Waals surface area contributed by atoms with Crippen LogP contribution in [0.25, 0.3) is 5.65 Å². The second-order valence-electron chi connectivity index (χ2n) is 6.71. The van der Waals surface area contributed by atoms with E-state index in [-0.39, 0.29) is 22.1 Å². The van der Waals surface area contributed by atoms with Crippen molar-refractivity contribution in [2.75, 3.05) is 26.2 Å². The molecule has 6 nitrogen and oxygen atoms in total. The van der Waals surface area contributed by atoms with E-state index >= 15 is 0 Å². The maximum Gasteiger partial charge on any atom is 0.258 e. The lowest BCUT2D eigenvalue weighted by atomic mass is 10.1. The molecule has 0 radical (unpaired) electrons. The van der Waals surface area contributed by atoms with E-state index in [1.807, 2.05) is 6.07 Å². The SMILES string of the molecule is O=C(c1ccc(Cl)cc1F)N1CCN(Cc2cc(=O)n3ccccc3n2)CC1. The Bertz CT molecular complexity index is 1090. The number of hydrogen-bond donors (Lipinski definition) is 0. The third kappa shape index (κ3) is 3.76. The summed E-state index contributed by atoms with van der Waals surface area (Å²) < 4.78 is 15.5. The Kier molecular flexibility index (Phi) is 5.11. The molecule has 3 heterocycles. The summed E-state index contributed by atoms with van der Waals surface area (Å²) in [4.78, 5) is 33.0. The zero-order valence-electron chi connectivity index (χ0n) is 15.0. The lowest BCUT2D eigenvalue weighted by molar-refractivity contribution is 0.0622. The molecule has 144 valence electrons. The summed E-state index contributed by atoms with van der Waals surface area (Å²) in [6.45, 7) is 2.73. The third-order valence-corrected chi connectivity index (χ3v) is 5.07. The molecule has 4 rings (SSSR count). The third-order valence-electron chi connectivity index (χ3n) is 4.83. The number of fused-ring (bicyclic) bond motifs is 1. The Labute approximate surface area is 165 Å². The van der Waals surface area contributed by atoms with Gasteiger partial charge < -0.3 is 4.90 Å². The molecule has 3 aromatic rings. The zero-order valence-corrected chi connectivity index (χ0v) is 15.8. The van der Waals surface area contributed by atoms with Gasteiger partial charge in [-0.3, -0.25) is 18.9 Å². The van der Waals surface area contributed by atoms with Gasteiger partial charge in [-0.25, -0.2) is 9.37 Å². The largest absolute Gasteiger partial charge is 0.336 e. The van der Waals surface area contributed by atoms with Crippen molar-refractivity contribution >= 4 is 23.2 Å². The number of benzene rings is 1. The average molecular weight is 401 g/mol. The predicted octanol–water partition coefficient (Wildman–Crippen LogP) is 2.45. The summed E-state index contributed by atoms with van der Waals surface area (Å²) in [6.07, 6.45) is 1.69. The van der Waals surface area contributed by atoms with Crippen molar-refractivity contribution in [2.24, 2.45) is 0 Å². The Morgan fingerprint density at radius 1 is 1.11 bits per heavy atom. The Morgan fingerprint density at radius 2 is 1.89 bits per heavy atom. The van der Waals surface area contributed by atoms with E-state index in [4.69, 9.17) is 11.6 Å². The fourth-order valence-corrected chi connectivity index (χ4v) is 3.51. The molecular formula is C20H18ClFN4O2. The number of hydrogen-bond acceptors (Lipinski definition) is 4. The molecule has 0 aliphatic carbocycles. The highest BCUT2D eigenvalue weighted by atomic mass is 35.5. The van der Waals surface area contributed by atoms with Crippen LogP contribution in [0.2, 0.25) is 5.02 Å². The molecule has 1 fully saturated rings. The number of piperazine rings is 1. The molecule has 1 aromatic carbocycles. The number of nitrogens with zero attached hydrogens (tertiary/aromatic N) is 4. The average Bonchev–Trinajstić information content (AvgIpc) is 2.68. The van der Waals surface area contributed by atoms with Gasteiger partial charge in [-0.2, -0.15) is 0 Å². The summed E-state index contributed by atoms with van der Waals surface area (Å²) >= 11 is 5.75. The van der Waals surface area contributed by atoms with Crippen molar-refractivity contribution in [2.45, 2.75) is 6.54 Å². The Balaban J connectivity index is 1.42. The van der Waals surface area contributed by atoms with E-state index in [2.05, 4.69) is 9.88 Å². The van der Waals surface area contributed by atoms with Crippen molar-refractivity contribution in [1.82, 2.24) is 19.2 Å². The van der Waals surface area contributed by atoms with Crippen LogP contribution in [0.5, 0.6) is 0 Å². The minimum absolute atomic E-state index is 0.0297. The van der Waals surface area contributed by atoms with Gasteiger partial charge in [0.15, 0.2) is 0 Å². The summed E-state index contributed by atoms with van der Waals surface area (Å²) in [5, 5.41) is 0.262. The number of pyridine rings is 1. The summed E-state index contributed by atoms with van der Waals surface area (Å²) in [5.41, 5.74) is 1.21. The van der Waals surface area contributed by atoms with Crippen LogP contribution in [0.4, 0.5) is 4.39 Å². The topological polar surface area (TPSA) is 57.9 Å². The molecule has 1 aliphatic rings. The van der Waals surface area contributed by atoms with E-state index in [0.29, 0.717) is 44.1 Å². The standard InChI is InChI=1S/C20H18ClFN4O2/c21-14-4-5-16(17(22)11-14)20(28)25-9-7-24(8-10-25)13-15-12-19(27)26-6-2-1-3-18(26)23-15/h1-6,11-12H,7-10,13H2. The van der Waals surface area contributed by atoms with Crippen molar-refractivity contribution in [3.63, 3.8) is 0 Å². The molecule has 0 unspecified atom stereocenters. The minimum atomic E-state index is -0.610. The lowest BCUT2D eigenvalue weighted by Crippen LogP contribution is -2.48. The number of aromatic nitrogens is 2. The molecule has 2 aromatic heterocycles. The molecule has 28 heavy (non-hydrogen) atoms. The maximum atomic E-state index is 14.0. The van der Waals surface area contributed by atoms with Gasteiger partial charge in [0.1, 0.15) is 11.5 Å². The monoisotopic (exact) mass is 400 g/mol. The van der Waals surface area contributed by atoms with Gasteiger partial charge in [0.05, 0.1) is 11.3 Å². The highest BCUT2D eigenvalue weighted by molar-refractivity contribution is 6.30. The van der Waals surface area contributed by atoms with Crippen LogP contribution in [-0.4, -0.2) is 51.3 Å². The highest BCUT2D eigenvalue weighted by Gasteiger charge is 2.24. The van der Waals surface area contributed by atoms with Crippen molar-refractivity contribution in [1.29, 1.82) is 0 Å². The molecule has 0 saturated carbocycles. The molecule has 0 spiro atoms. The van der Waals surface area contributed by atoms with Gasteiger partial charge in [0.25, 0.3) is 11.5 Å². The molecule has 0 bridgehead atoms. The van der Waals surface area contributed by atoms with Gasteiger partial charge in [-0.1, -0.05) is 17.7 Å². The zero-order chi connectivity index (χ0) is 19.7. The van der Waals surface area contributed by atoms with Crippen LogP contribution in [0.3, 0.4) is 0 Å². The summed E-state index contributed by atoms with van der Waals surface area (Å²) in [5.74, 6) is -0.948. The van der Waals surface area contributed by atoms with Crippen molar-refractivity contribution in [3.8, 4) is 0 Å². The van der Waals surface area contributed by atoms with Gasteiger partial charge in [-0.05, 0) is 30.3 Å². The first-order valence-corrected chi connectivity index (χ1v) is 9.33. The summed E-state index contributed by atoms with van der Waals surface area (Å²) in [6, 6.07) is 11.0. The molecule has 0 atom stereocenters. The molecule has 1 amide bonds. The molecule has 0 N–H and O–H groups in total. The normalized spacial score (nSPS) is 15.1. The van der Waals surface area contributed by atoms with Crippen LogP contribution in [0.15, 0.2) is 53.5 Å². The van der Waals surface area contributed by atoms with Crippen LogP contribution < -0.4 is 5.56 Å². The van der Waals surface area contributed by atoms with E-state index in [9.17, 15) is 14.0 Å². The first kappa shape index (κ1) is 18.6. The van der Waals surface area contributed by atoms with Crippen molar-refractivity contribution in [3.05, 3.63) is 81.1 Å². The Hall–Kier alpha value is -2.77. The predicted molar refractivity (Wildman–Crippen MR) is 104 cm³/mol. The van der Waals surface area contributed by atoms with Gasteiger partial charge in [0, 0.05) is 50.0 Å². The molecule has 8 heteroatoms. The highest BCUT2D eigenvalue weighted by Crippen LogP contribution is 2.17. The smallest absolute Gasteiger partial charge is 0.258 e. The number of rotatable bonds is 3. The fourth-order valence-electron chi connectivity index (χ4n) is 3.36. The summed E-state index contributed by atoms with van der Waals surface area (Å²) in [7, 11) is 0. The molecular weight excluding hydrogens is 383 g/mol. The van der Waals surface area contributed by atoms with Crippen LogP contribution >= 0.6 is 11.6 Å². The lowest BCUT2D eigenvalue weighted by Gasteiger charge is -2.34. The molecule has 1 aliphatic heterocycles. The van der Waals surface area contributed by atoms with Crippen LogP contribution in [-0.2, 0) is 6.54 Å². The number of carbonyl (C=O) groups excluding carboxylic acids is 1. The van der Waals surface area contributed by atoms with Crippen LogP contribution in [0, 0.1) is 5.82 Å². The fraction of sp³-hybridized carbons (Fsp3) is 0.250. The second-order valence-corrected chi connectivity index (χ2v) is 7.14. The number of carbonyl (C=O) groups is 1. The molecule has 1 saturated heterocycles. The quantitative estimate of drug-likeness (QED) is 0.677. The number of halogens is 2. The van der Waals surface area contributed by atoms with Gasteiger partial charge in [0.2, 0.25) is 0 Å². The number of amides is 1. The first-order valence-electron chi connectivity index (χ1n) is 8.95. The van der Waals surface area contributed by atoms with E-state index in [1.165, 1.54) is 22.6 Å². The Morgan fingerprint density at radius 3 is 2.64 bits per heavy atom. The van der Waals surface area contributed by atoms with E-state index < -0.39 is 5.82 Å². The minimum Gasteiger partial charge on any atom is -0.336 e. The van der Waals surface area contributed by atoms with Gasteiger partial charge >= 0.3 is 0 Å². The van der Waals surface area contributed by atoms with Crippen LogP contribution in [0.1, 0.15) is 16.1 Å². The van der Waals surface area contributed by atoms with Gasteiger partial charge in [-0.15, -0.1) is 0 Å².